The molecule has 1 unspecified atom stereocenters. The molecule has 0 saturated carbocycles. The summed E-state index contributed by atoms with van der Waals surface area (Å²) in [5.41, 5.74) is 0. The van der Waals surface area contributed by atoms with Gasteiger partial charge in [0, 0.05) is 19.3 Å². The highest BCUT2D eigenvalue weighted by Gasteiger charge is 2.19. The summed E-state index contributed by atoms with van der Waals surface area (Å²) in [6.45, 7) is 6.63. The Morgan fingerprint density at radius 2 is 0.545 bits per heavy atom. The van der Waals surface area contributed by atoms with Gasteiger partial charge in [0.25, 0.3) is 0 Å². The predicted octanol–water partition coefficient (Wildman–Crippen LogP) is 19.3. The fraction of sp³-hybridized carbons (Fsp3) is 0.850. The largest absolute Gasteiger partial charge is 0.462 e. The summed E-state index contributed by atoms with van der Waals surface area (Å²) in [7, 11) is 0. The van der Waals surface area contributed by atoms with Crippen LogP contribution in [-0.2, 0) is 28.6 Å². The van der Waals surface area contributed by atoms with Crippen LogP contribution in [0.15, 0.2) is 36.5 Å². The van der Waals surface area contributed by atoms with Gasteiger partial charge in [-0.15, -0.1) is 0 Å². The molecule has 0 saturated heterocycles. The van der Waals surface area contributed by atoms with Crippen molar-refractivity contribution in [1.82, 2.24) is 0 Å². The van der Waals surface area contributed by atoms with Crippen molar-refractivity contribution in [3.8, 4) is 0 Å². The topological polar surface area (TPSA) is 78.9 Å². The van der Waals surface area contributed by atoms with Gasteiger partial charge < -0.3 is 14.2 Å². The zero-order valence-electron chi connectivity index (χ0n) is 44.2. The molecule has 0 aliphatic heterocycles. The van der Waals surface area contributed by atoms with Crippen LogP contribution in [0.4, 0.5) is 0 Å². The molecule has 0 radical (unpaired) electrons. The minimum atomic E-state index is -0.774. The molecule has 0 rings (SSSR count). The molecule has 386 valence electrons. The lowest BCUT2D eigenvalue weighted by Gasteiger charge is -2.18. The molecule has 1 atom stereocenters. The van der Waals surface area contributed by atoms with Crippen LogP contribution in [0.25, 0.3) is 0 Å². The molecule has 66 heavy (non-hydrogen) atoms. The summed E-state index contributed by atoms with van der Waals surface area (Å²) >= 11 is 0. The summed E-state index contributed by atoms with van der Waals surface area (Å²) < 4.78 is 16.9. The Kier molecular flexibility index (Phi) is 53.2. The van der Waals surface area contributed by atoms with Gasteiger partial charge in [0.05, 0.1) is 0 Å². The van der Waals surface area contributed by atoms with Crippen molar-refractivity contribution in [2.45, 2.75) is 316 Å². The highest BCUT2D eigenvalue weighted by atomic mass is 16.6. The van der Waals surface area contributed by atoms with Crippen LogP contribution in [0.1, 0.15) is 310 Å². The van der Waals surface area contributed by atoms with Gasteiger partial charge in [-0.3, -0.25) is 14.4 Å². The normalized spacial score (nSPS) is 12.2. The Morgan fingerprint density at radius 1 is 0.303 bits per heavy atom. The number of hydrogen-bond acceptors (Lipinski definition) is 6. The summed E-state index contributed by atoms with van der Waals surface area (Å²) in [4.78, 5) is 38.1. The maximum absolute atomic E-state index is 12.8. The number of unbranched alkanes of at least 4 members (excludes halogenated alkanes) is 37. The zero-order chi connectivity index (χ0) is 47.9. The molecular weight excluding hydrogens is 817 g/mol. The molecule has 0 aliphatic rings. The maximum atomic E-state index is 12.8. The Bertz CT molecular complexity index is 1110. The molecule has 0 fully saturated rings. The van der Waals surface area contributed by atoms with Gasteiger partial charge in [0.1, 0.15) is 13.2 Å². The van der Waals surface area contributed by atoms with Crippen molar-refractivity contribution in [2.24, 2.45) is 0 Å². The van der Waals surface area contributed by atoms with Gasteiger partial charge in [-0.2, -0.15) is 0 Å². The van der Waals surface area contributed by atoms with Gasteiger partial charge in [-0.05, 0) is 70.6 Å². The van der Waals surface area contributed by atoms with Crippen LogP contribution in [0.5, 0.6) is 0 Å². The second kappa shape index (κ2) is 55.2. The molecule has 0 bridgehead atoms. The Balaban J connectivity index is 4.31. The lowest BCUT2D eigenvalue weighted by atomic mass is 10.1. The van der Waals surface area contributed by atoms with Crippen molar-refractivity contribution in [3.05, 3.63) is 36.5 Å². The second-order valence-electron chi connectivity index (χ2n) is 19.6. The van der Waals surface area contributed by atoms with E-state index >= 15 is 0 Å². The molecule has 6 nitrogen and oxygen atoms in total. The van der Waals surface area contributed by atoms with E-state index in [0.29, 0.717) is 19.3 Å². The first-order chi connectivity index (χ1) is 32.5. The summed E-state index contributed by atoms with van der Waals surface area (Å²) in [6, 6.07) is 0. The van der Waals surface area contributed by atoms with E-state index in [4.69, 9.17) is 14.2 Å². The first-order valence-corrected chi connectivity index (χ1v) is 29.0. The van der Waals surface area contributed by atoms with E-state index in [9.17, 15) is 14.4 Å². The van der Waals surface area contributed by atoms with Crippen molar-refractivity contribution in [2.75, 3.05) is 13.2 Å². The van der Waals surface area contributed by atoms with E-state index in [2.05, 4.69) is 57.2 Å². The number of carbonyl (C=O) groups excluding carboxylic acids is 3. The Morgan fingerprint density at radius 3 is 0.879 bits per heavy atom. The standard InChI is InChI=1S/C60H110O6/c1-4-7-10-13-16-19-22-24-26-28-30-32-33-35-38-41-44-47-50-53-59(62)65-56-57(55-64-58(61)52-49-46-43-40-37-21-18-15-12-9-6-3)66-60(63)54-51-48-45-42-39-36-34-31-29-27-25-23-20-17-14-11-8-5-2/h16,19,22,24,31,34,57H,4-15,17-18,20-21,23,25-30,32-33,35-56H2,1-3H3/b19-16-,24-22-,34-31-. The third-order valence-corrected chi connectivity index (χ3v) is 12.9. The van der Waals surface area contributed by atoms with Gasteiger partial charge in [-0.1, -0.05) is 256 Å². The second-order valence-corrected chi connectivity index (χ2v) is 19.6. The van der Waals surface area contributed by atoms with Crippen molar-refractivity contribution < 1.29 is 28.6 Å². The van der Waals surface area contributed by atoms with Crippen LogP contribution in [0.3, 0.4) is 0 Å². The molecular formula is C60H110O6. The van der Waals surface area contributed by atoms with Crippen molar-refractivity contribution in [1.29, 1.82) is 0 Å². The van der Waals surface area contributed by atoms with E-state index in [1.54, 1.807) is 0 Å². The third kappa shape index (κ3) is 52.6. The van der Waals surface area contributed by atoms with Gasteiger partial charge in [0.15, 0.2) is 6.10 Å². The number of carbonyl (C=O) groups is 3. The highest BCUT2D eigenvalue weighted by Crippen LogP contribution is 2.16. The van der Waals surface area contributed by atoms with Gasteiger partial charge >= 0.3 is 17.9 Å². The van der Waals surface area contributed by atoms with Crippen LogP contribution in [0.2, 0.25) is 0 Å². The number of hydrogen-bond donors (Lipinski definition) is 0. The minimum absolute atomic E-state index is 0.0730. The van der Waals surface area contributed by atoms with Crippen LogP contribution in [-0.4, -0.2) is 37.2 Å². The van der Waals surface area contributed by atoms with Crippen LogP contribution < -0.4 is 0 Å². The quantitative estimate of drug-likeness (QED) is 0.0199. The number of rotatable bonds is 53. The number of allylic oxidation sites excluding steroid dienone is 6. The highest BCUT2D eigenvalue weighted by molar-refractivity contribution is 5.71. The number of ether oxygens (including phenoxy) is 3. The molecule has 0 heterocycles. The average Bonchev–Trinajstić information content (AvgIpc) is 3.31. The van der Waals surface area contributed by atoms with Crippen LogP contribution in [0, 0.1) is 0 Å². The lowest BCUT2D eigenvalue weighted by molar-refractivity contribution is -0.167. The monoisotopic (exact) mass is 927 g/mol. The Labute approximate surface area is 410 Å². The average molecular weight is 928 g/mol. The fourth-order valence-corrected chi connectivity index (χ4v) is 8.49. The van der Waals surface area contributed by atoms with Gasteiger partial charge in [-0.25, -0.2) is 0 Å². The molecule has 0 N–H and O–H groups in total. The summed E-state index contributed by atoms with van der Waals surface area (Å²) in [5, 5.41) is 0. The molecule has 0 aromatic heterocycles. The van der Waals surface area contributed by atoms with E-state index < -0.39 is 6.10 Å². The van der Waals surface area contributed by atoms with Crippen molar-refractivity contribution in [3.63, 3.8) is 0 Å². The van der Waals surface area contributed by atoms with E-state index in [1.165, 1.54) is 205 Å². The molecule has 0 aromatic carbocycles. The fourth-order valence-electron chi connectivity index (χ4n) is 8.49. The molecule has 0 spiro atoms. The summed E-state index contributed by atoms with van der Waals surface area (Å²) in [6.07, 6.45) is 65.6. The maximum Gasteiger partial charge on any atom is 0.306 e. The molecule has 0 aromatic rings. The lowest BCUT2D eigenvalue weighted by Crippen LogP contribution is -2.30. The Hall–Kier alpha value is -2.37. The van der Waals surface area contributed by atoms with E-state index in [0.717, 1.165) is 64.2 Å². The molecule has 6 heteroatoms. The third-order valence-electron chi connectivity index (χ3n) is 12.9. The van der Waals surface area contributed by atoms with E-state index in [-0.39, 0.29) is 31.1 Å². The molecule has 0 amide bonds. The number of esters is 3. The molecule has 0 aliphatic carbocycles. The predicted molar refractivity (Wildman–Crippen MR) is 284 cm³/mol. The zero-order valence-corrected chi connectivity index (χ0v) is 44.2. The van der Waals surface area contributed by atoms with Crippen molar-refractivity contribution >= 4 is 17.9 Å². The van der Waals surface area contributed by atoms with Gasteiger partial charge in [0.2, 0.25) is 0 Å². The smallest absolute Gasteiger partial charge is 0.306 e. The first kappa shape index (κ1) is 63.6. The van der Waals surface area contributed by atoms with E-state index in [1.807, 2.05) is 0 Å². The first-order valence-electron chi connectivity index (χ1n) is 29.0. The summed E-state index contributed by atoms with van der Waals surface area (Å²) in [5.74, 6) is -0.869. The van der Waals surface area contributed by atoms with Crippen LogP contribution >= 0.6 is 0 Å². The minimum Gasteiger partial charge on any atom is -0.462 e. The SMILES string of the molecule is CCCCC/C=C\C=C/CCCCCCCCCCCCC(=O)OCC(COC(=O)CCCCCCCCCCCCC)OC(=O)CCCCCCC/C=C\CCCCCCCCCCC.